The topological polar surface area (TPSA) is 103 Å². The number of primary sulfonamides is 1. The molecule has 0 saturated carbocycles. The van der Waals surface area contributed by atoms with Crippen LogP contribution in [0, 0.1) is 22.5 Å². The molecule has 0 aliphatic rings. The molecule has 6 nitrogen and oxygen atoms in total. The van der Waals surface area contributed by atoms with Gasteiger partial charge in [0.1, 0.15) is 0 Å². The SMILES string of the molecule is C#CC(c1c(CCCCl)cccc1S(N)(=O)=O)[N+](=O)[O-]. The summed E-state index contributed by atoms with van der Waals surface area (Å²) in [5.41, 5.74) is 0.421. The van der Waals surface area contributed by atoms with Crippen LogP contribution in [-0.4, -0.2) is 19.2 Å². The summed E-state index contributed by atoms with van der Waals surface area (Å²) in [5.74, 6) is 2.34. The lowest BCUT2D eigenvalue weighted by Gasteiger charge is -2.13. The van der Waals surface area contributed by atoms with Crippen LogP contribution in [0.4, 0.5) is 0 Å². The van der Waals surface area contributed by atoms with Gasteiger partial charge in [-0.2, -0.15) is 0 Å². The minimum atomic E-state index is -4.10. The van der Waals surface area contributed by atoms with E-state index < -0.39 is 21.0 Å². The number of hydrogen-bond acceptors (Lipinski definition) is 4. The summed E-state index contributed by atoms with van der Waals surface area (Å²) < 4.78 is 23.2. The maximum Gasteiger partial charge on any atom is 0.299 e. The first-order valence-corrected chi connectivity index (χ1v) is 7.71. The van der Waals surface area contributed by atoms with Crippen LogP contribution in [0.5, 0.6) is 0 Å². The van der Waals surface area contributed by atoms with E-state index in [0.717, 1.165) is 0 Å². The number of alkyl halides is 1. The van der Waals surface area contributed by atoms with Crippen LogP contribution >= 0.6 is 11.6 Å². The van der Waals surface area contributed by atoms with E-state index in [1.54, 1.807) is 6.07 Å². The molecule has 0 spiro atoms. The summed E-state index contributed by atoms with van der Waals surface area (Å²) >= 11 is 5.59. The molecule has 1 aromatic rings. The molecule has 2 N–H and O–H groups in total. The number of terminal acetylenes is 1. The van der Waals surface area contributed by atoms with Gasteiger partial charge in [0.05, 0.1) is 10.5 Å². The zero-order valence-corrected chi connectivity index (χ0v) is 12.0. The summed E-state index contributed by atoms with van der Waals surface area (Å²) in [5, 5.41) is 16.1. The average molecular weight is 317 g/mol. The molecule has 108 valence electrons. The van der Waals surface area contributed by atoms with Crippen molar-refractivity contribution in [3.63, 3.8) is 0 Å². The monoisotopic (exact) mass is 316 g/mol. The molecule has 20 heavy (non-hydrogen) atoms. The maximum absolute atomic E-state index is 11.6. The Bertz CT molecular complexity index is 652. The molecular formula is C12H13ClN2O4S. The highest BCUT2D eigenvalue weighted by Crippen LogP contribution is 2.28. The Morgan fingerprint density at radius 1 is 1.50 bits per heavy atom. The standard InChI is InChI=1S/C12H13ClN2O4S/c1-2-10(15(16)17)12-9(6-4-8-13)5-3-7-11(12)20(14,18)19/h1,3,5,7,10H,4,6,8H2,(H2,14,18,19). The number of benzene rings is 1. The van der Waals surface area contributed by atoms with Crippen molar-refractivity contribution in [1.29, 1.82) is 0 Å². The van der Waals surface area contributed by atoms with Crippen molar-refractivity contribution in [2.24, 2.45) is 5.14 Å². The molecule has 0 radical (unpaired) electrons. The van der Waals surface area contributed by atoms with E-state index in [9.17, 15) is 18.5 Å². The van der Waals surface area contributed by atoms with E-state index in [0.29, 0.717) is 24.3 Å². The number of hydrogen-bond donors (Lipinski definition) is 1. The number of halogens is 1. The van der Waals surface area contributed by atoms with Crippen molar-refractivity contribution < 1.29 is 13.3 Å². The Balaban J connectivity index is 3.56. The van der Waals surface area contributed by atoms with E-state index in [1.165, 1.54) is 12.1 Å². The first kappa shape index (κ1) is 16.4. The van der Waals surface area contributed by atoms with Gasteiger partial charge in [-0.3, -0.25) is 10.1 Å². The van der Waals surface area contributed by atoms with Crippen LogP contribution in [0.15, 0.2) is 23.1 Å². The predicted molar refractivity (Wildman–Crippen MR) is 75.4 cm³/mol. The Labute approximate surface area is 122 Å². The summed E-state index contributed by atoms with van der Waals surface area (Å²) in [6.45, 7) is 0. The second kappa shape index (κ2) is 6.70. The van der Waals surface area contributed by atoms with Gasteiger partial charge in [0.2, 0.25) is 10.0 Å². The molecule has 0 aliphatic heterocycles. The Morgan fingerprint density at radius 3 is 2.60 bits per heavy atom. The minimum absolute atomic E-state index is 0.0485. The lowest BCUT2D eigenvalue weighted by molar-refractivity contribution is -0.512. The normalized spacial score (nSPS) is 12.7. The highest BCUT2D eigenvalue weighted by molar-refractivity contribution is 7.89. The quantitative estimate of drug-likeness (QED) is 0.371. The van der Waals surface area contributed by atoms with Gasteiger partial charge in [-0.05, 0) is 30.4 Å². The first-order chi connectivity index (χ1) is 9.32. The second-order valence-corrected chi connectivity index (χ2v) is 5.93. The van der Waals surface area contributed by atoms with E-state index in [2.05, 4.69) is 0 Å². The average Bonchev–Trinajstić information content (AvgIpc) is 2.36. The van der Waals surface area contributed by atoms with E-state index in [1.807, 2.05) is 5.92 Å². The molecule has 8 heteroatoms. The lowest BCUT2D eigenvalue weighted by Crippen LogP contribution is -2.20. The highest BCUT2D eigenvalue weighted by Gasteiger charge is 2.30. The molecule has 0 fully saturated rings. The Kier molecular flexibility index (Phi) is 5.51. The van der Waals surface area contributed by atoms with Crippen molar-refractivity contribution >= 4 is 21.6 Å². The fourth-order valence-electron chi connectivity index (χ4n) is 1.87. The predicted octanol–water partition coefficient (Wildman–Crippen LogP) is 1.46. The van der Waals surface area contributed by atoms with Crippen LogP contribution in [0.3, 0.4) is 0 Å². The van der Waals surface area contributed by atoms with Gasteiger partial charge in [-0.1, -0.05) is 12.1 Å². The van der Waals surface area contributed by atoms with Crippen molar-refractivity contribution in [3.05, 3.63) is 39.4 Å². The van der Waals surface area contributed by atoms with Gasteiger partial charge in [0.15, 0.2) is 0 Å². The van der Waals surface area contributed by atoms with Crippen molar-refractivity contribution in [2.45, 2.75) is 23.8 Å². The molecule has 0 saturated heterocycles. The summed E-state index contributed by atoms with van der Waals surface area (Å²) in [6, 6.07) is 2.71. The largest absolute Gasteiger partial charge is 0.299 e. The zero-order valence-electron chi connectivity index (χ0n) is 10.5. The van der Waals surface area contributed by atoms with Crippen LogP contribution in [-0.2, 0) is 16.4 Å². The van der Waals surface area contributed by atoms with Crippen molar-refractivity contribution in [3.8, 4) is 12.3 Å². The van der Waals surface area contributed by atoms with E-state index in [-0.39, 0.29) is 10.5 Å². The number of nitro groups is 1. The maximum atomic E-state index is 11.6. The minimum Gasteiger partial charge on any atom is -0.263 e. The molecule has 0 bridgehead atoms. The first-order valence-electron chi connectivity index (χ1n) is 5.63. The van der Waals surface area contributed by atoms with Gasteiger partial charge in [0, 0.05) is 10.8 Å². The third kappa shape index (κ3) is 3.70. The molecule has 0 aliphatic carbocycles. The van der Waals surface area contributed by atoms with E-state index >= 15 is 0 Å². The van der Waals surface area contributed by atoms with Crippen LogP contribution in [0.25, 0.3) is 0 Å². The Hall–Kier alpha value is -1.62. The molecule has 0 amide bonds. The molecule has 1 rings (SSSR count). The summed E-state index contributed by atoms with van der Waals surface area (Å²) in [7, 11) is -4.10. The number of nitrogens with two attached hydrogens (primary N) is 1. The van der Waals surface area contributed by atoms with Gasteiger partial charge >= 0.3 is 0 Å². The smallest absolute Gasteiger partial charge is 0.263 e. The van der Waals surface area contributed by atoms with Crippen molar-refractivity contribution in [1.82, 2.24) is 0 Å². The molecule has 1 atom stereocenters. The number of sulfonamides is 1. The van der Waals surface area contributed by atoms with Gasteiger partial charge in [0.25, 0.3) is 6.04 Å². The van der Waals surface area contributed by atoms with Crippen molar-refractivity contribution in [2.75, 3.05) is 5.88 Å². The van der Waals surface area contributed by atoms with Crippen LogP contribution in [0.1, 0.15) is 23.6 Å². The summed E-state index contributed by atoms with van der Waals surface area (Å²) in [4.78, 5) is 10.0. The lowest BCUT2D eigenvalue weighted by atomic mass is 9.98. The fourth-order valence-corrected chi connectivity index (χ4v) is 2.82. The zero-order chi connectivity index (χ0) is 15.3. The number of nitrogens with zero attached hydrogens (tertiary/aromatic N) is 1. The Morgan fingerprint density at radius 2 is 2.15 bits per heavy atom. The van der Waals surface area contributed by atoms with Gasteiger partial charge in [-0.15, -0.1) is 18.0 Å². The van der Waals surface area contributed by atoms with Crippen LogP contribution in [0.2, 0.25) is 0 Å². The second-order valence-electron chi connectivity index (χ2n) is 4.02. The number of aryl methyl sites for hydroxylation is 1. The van der Waals surface area contributed by atoms with Gasteiger partial charge < -0.3 is 0 Å². The van der Waals surface area contributed by atoms with E-state index in [4.69, 9.17) is 23.2 Å². The third-order valence-corrected chi connectivity index (χ3v) is 3.92. The summed E-state index contributed by atoms with van der Waals surface area (Å²) in [6.07, 6.45) is 6.08. The number of rotatable bonds is 6. The highest BCUT2D eigenvalue weighted by atomic mass is 35.5. The van der Waals surface area contributed by atoms with Crippen LogP contribution < -0.4 is 5.14 Å². The third-order valence-electron chi connectivity index (χ3n) is 2.68. The molecular weight excluding hydrogens is 304 g/mol. The molecule has 0 heterocycles. The fraction of sp³-hybridized carbons (Fsp3) is 0.333. The van der Waals surface area contributed by atoms with Gasteiger partial charge in [-0.25, -0.2) is 13.6 Å². The molecule has 1 unspecified atom stereocenters. The molecule has 0 aromatic heterocycles. The molecule has 1 aromatic carbocycles.